The molecule has 0 aliphatic carbocycles. The quantitative estimate of drug-likeness (QED) is 0.578. The summed E-state index contributed by atoms with van der Waals surface area (Å²) in [6.45, 7) is 0. The Hall–Kier alpha value is -2.95. The molecule has 1 aromatic carbocycles. The van der Waals surface area contributed by atoms with Crippen LogP contribution in [0.4, 0.5) is 0 Å². The Balaban J connectivity index is 2.30. The number of carbonyl (C=O) groups is 2. The van der Waals surface area contributed by atoms with Crippen LogP contribution >= 0.6 is 0 Å². The van der Waals surface area contributed by atoms with Crippen molar-refractivity contribution in [2.45, 2.75) is 0 Å². The number of carbonyl (C=O) groups excluding carboxylic acids is 2. The summed E-state index contributed by atoms with van der Waals surface area (Å²) in [6.07, 6.45) is 4.96. The number of nitrogens with two attached hydrogens (primary N) is 1. The number of fused-ring (bicyclic) bond motifs is 1. The molecule has 98 valence electrons. The van der Waals surface area contributed by atoms with Crippen LogP contribution in [-0.2, 0) is 4.79 Å². The van der Waals surface area contributed by atoms with Crippen molar-refractivity contribution in [3.63, 3.8) is 0 Å². The number of hydrogen-bond acceptors (Lipinski definition) is 3. The van der Waals surface area contributed by atoms with Gasteiger partial charge in [0.1, 0.15) is 0 Å². The highest BCUT2D eigenvalue weighted by Crippen LogP contribution is 2.24. The highest BCUT2D eigenvalue weighted by Gasteiger charge is 2.19. The number of rotatable bonds is 3. The molecule has 0 saturated carbocycles. The van der Waals surface area contributed by atoms with Gasteiger partial charge < -0.3 is 10.3 Å². The predicted molar refractivity (Wildman–Crippen MR) is 74.6 cm³/mol. The van der Waals surface area contributed by atoms with E-state index >= 15 is 0 Å². The number of primary amides is 1. The Labute approximate surface area is 114 Å². The number of benzene rings is 1. The van der Waals surface area contributed by atoms with Crippen molar-refractivity contribution in [2.75, 3.05) is 0 Å². The van der Waals surface area contributed by atoms with Crippen LogP contribution in [0.2, 0.25) is 0 Å². The smallest absolute Gasteiger partial charge is 0.289 e. The van der Waals surface area contributed by atoms with Crippen LogP contribution in [0.15, 0.2) is 55.0 Å². The molecule has 0 fully saturated rings. The van der Waals surface area contributed by atoms with Gasteiger partial charge in [-0.05, 0) is 18.2 Å². The van der Waals surface area contributed by atoms with Crippen molar-refractivity contribution < 1.29 is 9.59 Å². The number of ketones is 1. The summed E-state index contributed by atoms with van der Waals surface area (Å²) in [4.78, 5) is 27.0. The van der Waals surface area contributed by atoms with Crippen molar-refractivity contribution in [1.82, 2.24) is 9.55 Å². The lowest BCUT2D eigenvalue weighted by molar-refractivity contribution is -0.114. The van der Waals surface area contributed by atoms with E-state index in [-0.39, 0.29) is 0 Å². The summed E-state index contributed by atoms with van der Waals surface area (Å²) in [5.41, 5.74) is 7.11. The van der Waals surface area contributed by atoms with Crippen LogP contribution in [0, 0.1) is 0 Å². The molecule has 0 bridgehead atoms. The molecule has 0 unspecified atom stereocenters. The van der Waals surface area contributed by atoms with Gasteiger partial charge in [-0.3, -0.25) is 14.6 Å². The second kappa shape index (κ2) is 4.62. The van der Waals surface area contributed by atoms with Crippen LogP contribution < -0.4 is 5.73 Å². The van der Waals surface area contributed by atoms with Crippen molar-refractivity contribution in [1.29, 1.82) is 0 Å². The summed E-state index contributed by atoms with van der Waals surface area (Å²) in [5.74, 6) is -1.64. The molecule has 1 amide bonds. The summed E-state index contributed by atoms with van der Waals surface area (Å²) in [5, 5.41) is 0.702. The Morgan fingerprint density at radius 1 is 1.05 bits per heavy atom. The first-order valence-corrected chi connectivity index (χ1v) is 6.03. The van der Waals surface area contributed by atoms with Crippen LogP contribution in [0.25, 0.3) is 16.6 Å². The minimum absolute atomic E-state index is 0.310. The number of amides is 1. The zero-order valence-corrected chi connectivity index (χ0v) is 10.5. The fourth-order valence-corrected chi connectivity index (χ4v) is 2.21. The number of hydrogen-bond donors (Lipinski definition) is 1. The maximum absolute atomic E-state index is 11.9. The number of Topliss-reactive ketones (excluding diaryl/α,β-unsaturated/α-hetero) is 1. The van der Waals surface area contributed by atoms with Crippen LogP contribution in [0.1, 0.15) is 10.4 Å². The molecule has 5 heteroatoms. The molecule has 0 aliphatic heterocycles. The fraction of sp³-hybridized carbons (Fsp3) is 0. The molecule has 2 heterocycles. The molecule has 2 N–H and O–H groups in total. The molecule has 0 aliphatic rings. The largest absolute Gasteiger partial charge is 0.363 e. The molecule has 0 spiro atoms. The van der Waals surface area contributed by atoms with Gasteiger partial charge in [0.05, 0.1) is 11.1 Å². The number of para-hydroxylation sites is 1. The predicted octanol–water partition coefficient (Wildman–Crippen LogP) is 1.69. The second-order valence-corrected chi connectivity index (χ2v) is 4.33. The maximum atomic E-state index is 11.9. The SMILES string of the molecule is NC(=O)C(=O)c1cn(-c2ccncc2)c2ccccc12. The van der Waals surface area contributed by atoms with Gasteiger partial charge >= 0.3 is 0 Å². The molecule has 0 atom stereocenters. The summed E-state index contributed by atoms with van der Waals surface area (Å²) in [6, 6.07) is 11.0. The van der Waals surface area contributed by atoms with Gasteiger partial charge in [0, 0.05) is 29.7 Å². The summed E-state index contributed by atoms with van der Waals surface area (Å²) in [7, 11) is 0. The van der Waals surface area contributed by atoms with Crippen molar-refractivity contribution in [3.05, 3.63) is 60.6 Å². The molecule has 0 saturated heterocycles. The first-order valence-electron chi connectivity index (χ1n) is 6.03. The highest BCUT2D eigenvalue weighted by molar-refractivity contribution is 6.44. The van der Waals surface area contributed by atoms with E-state index in [0.717, 1.165) is 11.2 Å². The van der Waals surface area contributed by atoms with Crippen molar-refractivity contribution >= 4 is 22.6 Å². The minimum Gasteiger partial charge on any atom is -0.363 e. The molecule has 5 nitrogen and oxygen atoms in total. The van der Waals surface area contributed by atoms with E-state index in [1.54, 1.807) is 24.7 Å². The van der Waals surface area contributed by atoms with Gasteiger partial charge in [-0.1, -0.05) is 18.2 Å². The Morgan fingerprint density at radius 3 is 2.45 bits per heavy atom. The first kappa shape index (κ1) is 12.1. The highest BCUT2D eigenvalue weighted by atomic mass is 16.2. The van der Waals surface area contributed by atoms with Crippen molar-refractivity contribution in [2.24, 2.45) is 5.73 Å². The second-order valence-electron chi connectivity index (χ2n) is 4.33. The number of pyridine rings is 1. The van der Waals surface area contributed by atoms with Gasteiger partial charge in [0.15, 0.2) is 0 Å². The van der Waals surface area contributed by atoms with Gasteiger partial charge in [-0.25, -0.2) is 0 Å². The zero-order chi connectivity index (χ0) is 14.1. The van der Waals surface area contributed by atoms with E-state index in [4.69, 9.17) is 5.73 Å². The molecular weight excluding hydrogens is 254 g/mol. The van der Waals surface area contributed by atoms with Crippen LogP contribution in [0.3, 0.4) is 0 Å². The number of nitrogens with zero attached hydrogens (tertiary/aromatic N) is 2. The van der Waals surface area contributed by atoms with Gasteiger partial charge in [-0.15, -0.1) is 0 Å². The third-order valence-corrected chi connectivity index (χ3v) is 3.12. The Morgan fingerprint density at radius 2 is 1.75 bits per heavy atom. The Bertz CT molecular complexity index is 806. The third-order valence-electron chi connectivity index (χ3n) is 3.12. The van der Waals surface area contributed by atoms with E-state index in [9.17, 15) is 9.59 Å². The average Bonchev–Trinajstić information content (AvgIpc) is 2.87. The number of aromatic nitrogens is 2. The average molecular weight is 265 g/mol. The van der Waals surface area contributed by atoms with E-state index in [0.29, 0.717) is 10.9 Å². The van der Waals surface area contributed by atoms with Crippen LogP contribution in [0.5, 0.6) is 0 Å². The van der Waals surface area contributed by atoms with E-state index < -0.39 is 11.7 Å². The molecule has 20 heavy (non-hydrogen) atoms. The normalized spacial score (nSPS) is 10.6. The lowest BCUT2D eigenvalue weighted by atomic mass is 10.1. The van der Waals surface area contributed by atoms with E-state index in [1.165, 1.54) is 0 Å². The monoisotopic (exact) mass is 265 g/mol. The fourth-order valence-electron chi connectivity index (χ4n) is 2.21. The lowest BCUT2D eigenvalue weighted by Crippen LogP contribution is -2.22. The minimum atomic E-state index is -0.956. The van der Waals surface area contributed by atoms with Gasteiger partial charge in [0.2, 0.25) is 0 Å². The zero-order valence-electron chi connectivity index (χ0n) is 10.5. The molecule has 3 rings (SSSR count). The standard InChI is InChI=1S/C15H11N3O2/c16-15(20)14(19)12-9-18(10-5-7-17-8-6-10)13-4-2-1-3-11(12)13/h1-9H,(H2,16,20). The molecule has 0 radical (unpaired) electrons. The molecular formula is C15H11N3O2. The van der Waals surface area contributed by atoms with E-state index in [1.807, 2.05) is 34.9 Å². The van der Waals surface area contributed by atoms with E-state index in [2.05, 4.69) is 4.98 Å². The Kier molecular flexibility index (Phi) is 2.80. The van der Waals surface area contributed by atoms with Gasteiger partial charge in [-0.2, -0.15) is 0 Å². The molecule has 3 aromatic rings. The van der Waals surface area contributed by atoms with Crippen molar-refractivity contribution in [3.8, 4) is 5.69 Å². The first-order chi connectivity index (χ1) is 9.68. The third kappa shape index (κ3) is 1.85. The van der Waals surface area contributed by atoms with Gasteiger partial charge in [0.25, 0.3) is 11.7 Å². The maximum Gasteiger partial charge on any atom is 0.289 e. The topological polar surface area (TPSA) is 78.0 Å². The summed E-state index contributed by atoms with van der Waals surface area (Å²) >= 11 is 0. The van der Waals surface area contributed by atoms with Crippen LogP contribution in [-0.4, -0.2) is 21.2 Å². The lowest BCUT2D eigenvalue weighted by Gasteiger charge is -2.03. The summed E-state index contributed by atoms with van der Waals surface area (Å²) < 4.78 is 1.84. The molecule has 2 aromatic heterocycles.